The van der Waals surface area contributed by atoms with Crippen LogP contribution in [0.25, 0.3) is 0 Å². The van der Waals surface area contributed by atoms with Gasteiger partial charge in [-0.05, 0) is 47.1 Å². The molecule has 0 aliphatic carbocycles. The SMILES string of the molecule is C#Cc1cccc(NS(=O)(=O)c2cc(Br)sc2C)c1. The quantitative estimate of drug-likeness (QED) is 0.855. The Morgan fingerprint density at radius 1 is 1.37 bits per heavy atom. The zero-order valence-corrected chi connectivity index (χ0v) is 13.2. The maximum absolute atomic E-state index is 12.3. The van der Waals surface area contributed by atoms with Gasteiger partial charge in [-0.15, -0.1) is 17.8 Å². The van der Waals surface area contributed by atoms with Crippen LogP contribution in [-0.2, 0) is 10.0 Å². The van der Waals surface area contributed by atoms with Gasteiger partial charge in [-0.25, -0.2) is 8.42 Å². The third-order valence-corrected chi connectivity index (χ3v) is 5.60. The Balaban J connectivity index is 2.37. The van der Waals surface area contributed by atoms with Crippen LogP contribution in [0.3, 0.4) is 0 Å². The molecule has 3 nitrogen and oxygen atoms in total. The molecule has 0 aliphatic heterocycles. The summed E-state index contributed by atoms with van der Waals surface area (Å²) < 4.78 is 27.8. The second-order valence-corrected chi connectivity index (χ2v) is 8.09. The van der Waals surface area contributed by atoms with Crippen molar-refractivity contribution in [3.05, 3.63) is 44.6 Å². The number of rotatable bonds is 3. The van der Waals surface area contributed by atoms with Crippen LogP contribution in [0.4, 0.5) is 5.69 Å². The van der Waals surface area contributed by atoms with Crippen molar-refractivity contribution in [2.75, 3.05) is 4.72 Å². The van der Waals surface area contributed by atoms with E-state index in [9.17, 15) is 8.42 Å². The minimum absolute atomic E-state index is 0.274. The third kappa shape index (κ3) is 3.18. The number of aryl methyl sites for hydroxylation is 1. The smallest absolute Gasteiger partial charge is 0.263 e. The molecule has 1 heterocycles. The van der Waals surface area contributed by atoms with Gasteiger partial charge in [0.1, 0.15) is 4.90 Å². The number of halogens is 1. The van der Waals surface area contributed by atoms with E-state index in [2.05, 4.69) is 26.6 Å². The lowest BCUT2D eigenvalue weighted by molar-refractivity contribution is 0.601. The van der Waals surface area contributed by atoms with Gasteiger partial charge in [0.05, 0.1) is 9.47 Å². The molecule has 98 valence electrons. The maximum Gasteiger partial charge on any atom is 0.263 e. The fourth-order valence-electron chi connectivity index (χ4n) is 1.58. The van der Waals surface area contributed by atoms with Crippen molar-refractivity contribution < 1.29 is 8.42 Å². The van der Waals surface area contributed by atoms with Gasteiger partial charge in [0.25, 0.3) is 10.0 Å². The van der Waals surface area contributed by atoms with Gasteiger partial charge in [-0.1, -0.05) is 12.0 Å². The standard InChI is InChI=1S/C13H10BrNO2S2/c1-3-10-5-4-6-11(7-10)15-19(16,17)12-8-13(14)18-9(12)2/h1,4-8,15H,2H3. The highest BCUT2D eigenvalue weighted by molar-refractivity contribution is 9.11. The van der Waals surface area contributed by atoms with E-state index in [1.165, 1.54) is 11.3 Å². The number of hydrogen-bond acceptors (Lipinski definition) is 3. The number of sulfonamides is 1. The average molecular weight is 356 g/mol. The Morgan fingerprint density at radius 2 is 2.11 bits per heavy atom. The number of hydrogen-bond donors (Lipinski definition) is 1. The highest BCUT2D eigenvalue weighted by Gasteiger charge is 2.19. The largest absolute Gasteiger partial charge is 0.280 e. The molecule has 19 heavy (non-hydrogen) atoms. The molecule has 0 atom stereocenters. The zero-order valence-electron chi connectivity index (χ0n) is 9.98. The van der Waals surface area contributed by atoms with Crippen molar-refractivity contribution in [2.24, 2.45) is 0 Å². The molecular formula is C13H10BrNO2S2. The number of benzene rings is 1. The van der Waals surface area contributed by atoms with Gasteiger partial charge in [-0.2, -0.15) is 0 Å². The van der Waals surface area contributed by atoms with Crippen LogP contribution in [-0.4, -0.2) is 8.42 Å². The summed E-state index contributed by atoms with van der Waals surface area (Å²) in [6, 6.07) is 8.32. The van der Waals surface area contributed by atoms with E-state index in [0.29, 0.717) is 11.3 Å². The molecule has 0 unspecified atom stereocenters. The van der Waals surface area contributed by atoms with Crippen molar-refractivity contribution in [1.29, 1.82) is 0 Å². The van der Waals surface area contributed by atoms with Gasteiger partial charge in [0, 0.05) is 10.4 Å². The van der Waals surface area contributed by atoms with Crippen LogP contribution in [0.1, 0.15) is 10.4 Å². The second kappa shape index (κ2) is 5.37. The maximum atomic E-state index is 12.3. The number of nitrogens with one attached hydrogen (secondary N) is 1. The van der Waals surface area contributed by atoms with Gasteiger partial charge in [0.15, 0.2) is 0 Å². The summed E-state index contributed by atoms with van der Waals surface area (Å²) in [4.78, 5) is 1.00. The first-order valence-electron chi connectivity index (χ1n) is 5.28. The van der Waals surface area contributed by atoms with E-state index in [4.69, 9.17) is 6.42 Å². The molecule has 0 spiro atoms. The molecule has 0 aliphatic rings. The summed E-state index contributed by atoms with van der Waals surface area (Å²) in [5.74, 6) is 2.47. The molecule has 2 aromatic rings. The fourth-order valence-corrected chi connectivity index (χ4v) is 5.05. The van der Waals surface area contributed by atoms with Gasteiger partial charge < -0.3 is 0 Å². The Hall–Kier alpha value is -1.29. The molecule has 0 fully saturated rings. The molecule has 0 radical (unpaired) electrons. The van der Waals surface area contributed by atoms with E-state index >= 15 is 0 Å². The van der Waals surface area contributed by atoms with Crippen LogP contribution in [0.5, 0.6) is 0 Å². The van der Waals surface area contributed by atoms with Crippen LogP contribution in [0.2, 0.25) is 0 Å². The molecule has 2 rings (SSSR count). The summed E-state index contributed by atoms with van der Waals surface area (Å²) >= 11 is 4.66. The Kier molecular flexibility index (Phi) is 3.99. The lowest BCUT2D eigenvalue weighted by Crippen LogP contribution is -2.13. The Morgan fingerprint density at radius 3 is 2.68 bits per heavy atom. The van der Waals surface area contributed by atoms with Crippen LogP contribution < -0.4 is 4.72 Å². The van der Waals surface area contributed by atoms with Gasteiger partial charge >= 0.3 is 0 Å². The topological polar surface area (TPSA) is 46.2 Å². The minimum Gasteiger partial charge on any atom is -0.280 e. The zero-order chi connectivity index (χ0) is 14.0. The highest BCUT2D eigenvalue weighted by atomic mass is 79.9. The van der Waals surface area contributed by atoms with Crippen molar-refractivity contribution in [2.45, 2.75) is 11.8 Å². The lowest BCUT2D eigenvalue weighted by atomic mass is 10.2. The molecule has 1 N–H and O–H groups in total. The highest BCUT2D eigenvalue weighted by Crippen LogP contribution is 2.30. The van der Waals surface area contributed by atoms with Crippen molar-refractivity contribution in [1.82, 2.24) is 0 Å². The van der Waals surface area contributed by atoms with Crippen LogP contribution in [0, 0.1) is 19.3 Å². The minimum atomic E-state index is -3.59. The van der Waals surface area contributed by atoms with E-state index in [0.717, 1.165) is 8.66 Å². The Bertz CT molecular complexity index is 757. The van der Waals surface area contributed by atoms with E-state index in [-0.39, 0.29) is 4.90 Å². The second-order valence-electron chi connectivity index (χ2n) is 3.80. The lowest BCUT2D eigenvalue weighted by Gasteiger charge is -2.07. The first kappa shape index (κ1) is 14.1. The number of thiophene rings is 1. The summed E-state index contributed by atoms with van der Waals surface area (Å²) in [5.41, 5.74) is 1.08. The third-order valence-electron chi connectivity index (χ3n) is 2.41. The predicted molar refractivity (Wildman–Crippen MR) is 81.9 cm³/mol. The van der Waals surface area contributed by atoms with Gasteiger partial charge in [-0.3, -0.25) is 4.72 Å². The van der Waals surface area contributed by atoms with Crippen LogP contribution in [0.15, 0.2) is 39.0 Å². The van der Waals surface area contributed by atoms with Crippen molar-refractivity contribution in [3.8, 4) is 12.3 Å². The molecule has 0 amide bonds. The molecule has 6 heteroatoms. The predicted octanol–water partition coefficient (Wildman–Crippen LogP) is 3.60. The molecule has 0 saturated carbocycles. The first-order chi connectivity index (χ1) is 8.92. The summed E-state index contributed by atoms with van der Waals surface area (Å²) in [5, 5.41) is 0. The van der Waals surface area contributed by atoms with E-state index in [1.54, 1.807) is 37.3 Å². The summed E-state index contributed by atoms with van der Waals surface area (Å²) in [7, 11) is -3.59. The fraction of sp³-hybridized carbons (Fsp3) is 0.0769. The first-order valence-corrected chi connectivity index (χ1v) is 8.37. The van der Waals surface area contributed by atoms with E-state index in [1.807, 2.05) is 0 Å². The molecular weight excluding hydrogens is 346 g/mol. The van der Waals surface area contributed by atoms with E-state index < -0.39 is 10.0 Å². The molecule has 0 bridgehead atoms. The Labute approximate surface area is 124 Å². The molecule has 1 aromatic heterocycles. The van der Waals surface area contributed by atoms with Crippen LogP contribution >= 0.6 is 27.3 Å². The summed E-state index contributed by atoms with van der Waals surface area (Å²) in [6.07, 6.45) is 5.29. The monoisotopic (exact) mass is 355 g/mol. The number of anilines is 1. The molecule has 0 saturated heterocycles. The van der Waals surface area contributed by atoms with Gasteiger partial charge in [0.2, 0.25) is 0 Å². The number of terminal acetylenes is 1. The van der Waals surface area contributed by atoms with Crippen molar-refractivity contribution >= 4 is 43.0 Å². The van der Waals surface area contributed by atoms with Crippen molar-refractivity contribution in [3.63, 3.8) is 0 Å². The average Bonchev–Trinajstić information content (AvgIpc) is 2.69. The summed E-state index contributed by atoms with van der Waals surface area (Å²) in [6.45, 7) is 1.77. The molecule has 1 aromatic carbocycles. The normalized spacial score (nSPS) is 11.0.